The third-order valence-electron chi connectivity index (χ3n) is 3.18. The van der Waals surface area contributed by atoms with Crippen LogP contribution >= 0.6 is 23.2 Å². The normalized spacial score (nSPS) is 11.1. The molecule has 2 rings (SSSR count). The minimum absolute atomic E-state index is 0.503. The molecule has 22 heavy (non-hydrogen) atoms. The Morgan fingerprint density at radius 1 is 1.05 bits per heavy atom. The molecule has 0 aromatic heterocycles. The summed E-state index contributed by atoms with van der Waals surface area (Å²) in [6, 6.07) is 11.8. The molecule has 0 bridgehead atoms. The van der Waals surface area contributed by atoms with E-state index in [4.69, 9.17) is 27.9 Å². The van der Waals surface area contributed by atoms with Crippen molar-refractivity contribution in [1.29, 1.82) is 0 Å². The van der Waals surface area contributed by atoms with Crippen LogP contribution in [-0.4, -0.2) is 12.8 Å². The van der Waals surface area contributed by atoms with E-state index in [-0.39, 0.29) is 0 Å². The molecule has 116 valence electrons. The number of nitrogens with zero attached hydrogens (tertiary/aromatic N) is 1. The second kappa shape index (κ2) is 8.21. The highest BCUT2D eigenvalue weighted by atomic mass is 35.5. The highest BCUT2D eigenvalue weighted by Gasteiger charge is 2.08. The minimum Gasteiger partial charge on any atom is -0.490 e. The molecule has 2 aromatic rings. The Morgan fingerprint density at radius 3 is 2.23 bits per heavy atom. The maximum absolute atomic E-state index is 6.22. The molecule has 0 aliphatic carbocycles. The van der Waals surface area contributed by atoms with E-state index in [1.807, 2.05) is 31.2 Å². The van der Waals surface area contributed by atoms with E-state index in [0.29, 0.717) is 22.4 Å². The van der Waals surface area contributed by atoms with Gasteiger partial charge < -0.3 is 4.74 Å². The summed E-state index contributed by atoms with van der Waals surface area (Å²) in [6.45, 7) is 4.76. The minimum atomic E-state index is 0.503. The van der Waals surface area contributed by atoms with Gasteiger partial charge in [-0.15, -0.1) is 0 Å². The molecule has 0 spiro atoms. The largest absolute Gasteiger partial charge is 0.490 e. The van der Waals surface area contributed by atoms with Gasteiger partial charge in [-0.2, -0.15) is 0 Å². The van der Waals surface area contributed by atoms with Crippen LogP contribution in [0.4, 0.5) is 5.69 Å². The van der Waals surface area contributed by atoms with Crippen LogP contribution in [0.15, 0.2) is 41.4 Å². The number of hydrogen-bond donors (Lipinski definition) is 0. The zero-order chi connectivity index (χ0) is 15.9. The quantitative estimate of drug-likeness (QED) is 0.585. The molecule has 2 nitrogen and oxygen atoms in total. The topological polar surface area (TPSA) is 21.6 Å². The second-order valence-electron chi connectivity index (χ2n) is 4.94. The molecule has 0 aliphatic heterocycles. The lowest BCUT2D eigenvalue weighted by molar-refractivity contribution is 0.318. The van der Waals surface area contributed by atoms with Gasteiger partial charge in [-0.25, -0.2) is 0 Å². The van der Waals surface area contributed by atoms with E-state index in [9.17, 15) is 0 Å². The molecule has 2 aromatic carbocycles. The van der Waals surface area contributed by atoms with Crippen LogP contribution in [-0.2, 0) is 6.42 Å². The van der Waals surface area contributed by atoms with Crippen LogP contribution in [0.2, 0.25) is 10.0 Å². The number of hydrogen-bond acceptors (Lipinski definition) is 2. The molecule has 0 radical (unpaired) electrons. The first-order chi connectivity index (χ1) is 10.6. The lowest BCUT2D eigenvalue weighted by Gasteiger charge is -2.09. The van der Waals surface area contributed by atoms with Crippen molar-refractivity contribution in [2.45, 2.75) is 26.7 Å². The van der Waals surface area contributed by atoms with E-state index < -0.39 is 0 Å². The monoisotopic (exact) mass is 335 g/mol. The van der Waals surface area contributed by atoms with Gasteiger partial charge in [0.05, 0.1) is 22.3 Å². The SMILES string of the molecule is CCCOc1c(Cl)cc(C=Nc2ccc(CC)cc2)cc1Cl. The summed E-state index contributed by atoms with van der Waals surface area (Å²) >= 11 is 12.4. The average Bonchev–Trinajstić information content (AvgIpc) is 2.52. The molecule has 0 N–H and O–H groups in total. The summed E-state index contributed by atoms with van der Waals surface area (Å²) in [5.41, 5.74) is 3.04. The lowest BCUT2D eigenvalue weighted by atomic mass is 10.1. The molecule has 0 fully saturated rings. The zero-order valence-electron chi connectivity index (χ0n) is 12.8. The first-order valence-electron chi connectivity index (χ1n) is 7.39. The first-order valence-corrected chi connectivity index (χ1v) is 8.14. The third-order valence-corrected chi connectivity index (χ3v) is 3.74. The van der Waals surface area contributed by atoms with Crippen LogP contribution in [0.3, 0.4) is 0 Å². The number of rotatable bonds is 6. The van der Waals surface area contributed by atoms with E-state index in [1.165, 1.54) is 5.56 Å². The Kier molecular flexibility index (Phi) is 6.29. The fourth-order valence-corrected chi connectivity index (χ4v) is 2.58. The van der Waals surface area contributed by atoms with Crippen LogP contribution in [0.25, 0.3) is 0 Å². The third kappa shape index (κ3) is 4.49. The smallest absolute Gasteiger partial charge is 0.156 e. The van der Waals surface area contributed by atoms with Crippen molar-refractivity contribution < 1.29 is 4.74 Å². The molecule has 0 atom stereocenters. The van der Waals surface area contributed by atoms with E-state index in [0.717, 1.165) is 24.1 Å². The maximum atomic E-state index is 6.22. The van der Waals surface area contributed by atoms with Gasteiger partial charge in [-0.05, 0) is 48.2 Å². The predicted octanol–water partition coefficient (Wildman–Crippen LogP) is 6.10. The van der Waals surface area contributed by atoms with Crippen LogP contribution in [0, 0.1) is 0 Å². The Labute approximate surface area is 141 Å². The van der Waals surface area contributed by atoms with E-state index in [2.05, 4.69) is 24.0 Å². The van der Waals surface area contributed by atoms with Gasteiger partial charge in [0.15, 0.2) is 5.75 Å². The molecule has 0 saturated carbocycles. The van der Waals surface area contributed by atoms with Gasteiger partial charge in [-0.1, -0.05) is 49.2 Å². The van der Waals surface area contributed by atoms with Crippen LogP contribution in [0.5, 0.6) is 5.75 Å². The van der Waals surface area contributed by atoms with E-state index >= 15 is 0 Å². The number of aliphatic imine (C=N–C) groups is 1. The molecule has 0 aliphatic rings. The summed E-state index contributed by atoms with van der Waals surface area (Å²) in [6.07, 6.45) is 3.68. The maximum Gasteiger partial charge on any atom is 0.156 e. The molecule has 0 saturated heterocycles. The van der Waals surface area contributed by atoms with Crippen molar-refractivity contribution in [2.24, 2.45) is 4.99 Å². The van der Waals surface area contributed by atoms with Crippen molar-refractivity contribution in [3.05, 3.63) is 57.6 Å². The molecular weight excluding hydrogens is 317 g/mol. The molecule has 0 amide bonds. The fourth-order valence-electron chi connectivity index (χ4n) is 1.96. The average molecular weight is 336 g/mol. The van der Waals surface area contributed by atoms with Gasteiger partial charge in [0.25, 0.3) is 0 Å². The van der Waals surface area contributed by atoms with Crippen molar-refractivity contribution in [3.8, 4) is 5.75 Å². The van der Waals surface area contributed by atoms with Crippen LogP contribution in [0.1, 0.15) is 31.4 Å². The van der Waals surface area contributed by atoms with Gasteiger partial charge in [0.1, 0.15) is 0 Å². The number of ether oxygens (including phenoxy) is 1. The summed E-state index contributed by atoms with van der Waals surface area (Å²) < 4.78 is 5.55. The fraction of sp³-hybridized carbons (Fsp3) is 0.278. The predicted molar refractivity (Wildman–Crippen MR) is 95.3 cm³/mol. The number of aryl methyl sites for hydroxylation is 1. The molecule has 0 heterocycles. The summed E-state index contributed by atoms with van der Waals surface area (Å²) in [4.78, 5) is 4.44. The van der Waals surface area contributed by atoms with Crippen molar-refractivity contribution in [3.63, 3.8) is 0 Å². The summed E-state index contributed by atoms with van der Waals surface area (Å²) in [7, 11) is 0. The Balaban J connectivity index is 2.16. The Bertz CT molecular complexity index is 628. The summed E-state index contributed by atoms with van der Waals surface area (Å²) in [5, 5.41) is 1.01. The standard InChI is InChI=1S/C18H19Cl2NO/c1-3-9-22-18-16(19)10-14(11-17(18)20)12-21-15-7-5-13(4-2)6-8-15/h5-8,10-12H,3-4,9H2,1-2H3. The Hall–Kier alpha value is -1.51. The summed E-state index contributed by atoms with van der Waals surface area (Å²) in [5.74, 6) is 0.537. The molecule has 0 unspecified atom stereocenters. The highest BCUT2D eigenvalue weighted by Crippen LogP contribution is 2.34. The molecule has 4 heteroatoms. The number of benzene rings is 2. The molecular formula is C18H19Cl2NO. The Morgan fingerprint density at radius 2 is 1.68 bits per heavy atom. The number of halogens is 2. The van der Waals surface area contributed by atoms with Crippen molar-refractivity contribution >= 4 is 35.1 Å². The van der Waals surface area contributed by atoms with E-state index in [1.54, 1.807) is 6.21 Å². The highest BCUT2D eigenvalue weighted by molar-refractivity contribution is 6.37. The van der Waals surface area contributed by atoms with Crippen molar-refractivity contribution in [2.75, 3.05) is 6.61 Å². The van der Waals surface area contributed by atoms with Crippen LogP contribution < -0.4 is 4.74 Å². The van der Waals surface area contributed by atoms with Gasteiger partial charge in [0.2, 0.25) is 0 Å². The second-order valence-corrected chi connectivity index (χ2v) is 5.75. The zero-order valence-corrected chi connectivity index (χ0v) is 14.3. The van der Waals surface area contributed by atoms with Gasteiger partial charge in [-0.3, -0.25) is 4.99 Å². The lowest BCUT2D eigenvalue weighted by Crippen LogP contribution is -1.97. The first kappa shape index (κ1) is 16.9. The van der Waals surface area contributed by atoms with Crippen molar-refractivity contribution in [1.82, 2.24) is 0 Å². The van der Waals surface area contributed by atoms with Gasteiger partial charge in [0, 0.05) is 6.21 Å². The van der Waals surface area contributed by atoms with Gasteiger partial charge >= 0.3 is 0 Å².